The van der Waals surface area contributed by atoms with Crippen molar-refractivity contribution in [1.82, 2.24) is 9.80 Å². The van der Waals surface area contributed by atoms with Crippen LogP contribution in [0.15, 0.2) is 0 Å². The molecule has 0 radical (unpaired) electrons. The lowest BCUT2D eigenvalue weighted by Gasteiger charge is -2.34. The molecule has 94 valence electrons. The number of methoxy groups -OCH3 is 1. The third kappa shape index (κ3) is 3.72. The maximum atomic E-state index is 5.46. The normalized spacial score (nSPS) is 29.4. The molecular formula is C13H26N2O. The molecule has 0 spiro atoms. The van der Waals surface area contributed by atoms with E-state index in [0.29, 0.717) is 6.10 Å². The number of rotatable bonds is 4. The molecule has 2 fully saturated rings. The third-order valence-corrected chi connectivity index (χ3v) is 3.98. The molecule has 2 aliphatic heterocycles. The predicted octanol–water partition coefficient (Wildman–Crippen LogP) is 1.58. The molecule has 2 rings (SSSR count). The molecule has 3 nitrogen and oxygen atoms in total. The zero-order valence-corrected chi connectivity index (χ0v) is 10.7. The van der Waals surface area contributed by atoms with Crippen molar-refractivity contribution < 1.29 is 4.74 Å². The quantitative estimate of drug-likeness (QED) is 0.724. The Hall–Kier alpha value is -0.120. The fourth-order valence-corrected chi connectivity index (χ4v) is 2.87. The highest BCUT2D eigenvalue weighted by Crippen LogP contribution is 2.13. The van der Waals surface area contributed by atoms with Crippen molar-refractivity contribution in [2.24, 2.45) is 0 Å². The van der Waals surface area contributed by atoms with E-state index in [0.717, 1.165) is 6.54 Å². The van der Waals surface area contributed by atoms with Gasteiger partial charge in [-0.1, -0.05) is 6.42 Å². The number of piperidine rings is 2. The second-order valence-corrected chi connectivity index (χ2v) is 5.20. The summed E-state index contributed by atoms with van der Waals surface area (Å²) in [5.41, 5.74) is 0. The Balaban J connectivity index is 1.64. The fraction of sp³-hybridized carbons (Fsp3) is 1.00. The second kappa shape index (κ2) is 6.58. The van der Waals surface area contributed by atoms with Gasteiger partial charge in [-0.05, 0) is 45.3 Å². The van der Waals surface area contributed by atoms with Gasteiger partial charge in [-0.2, -0.15) is 0 Å². The van der Waals surface area contributed by atoms with Crippen LogP contribution in [0.5, 0.6) is 0 Å². The molecule has 0 aromatic heterocycles. The van der Waals surface area contributed by atoms with Crippen molar-refractivity contribution in [3.05, 3.63) is 0 Å². The number of hydrogen-bond donors (Lipinski definition) is 0. The van der Waals surface area contributed by atoms with Gasteiger partial charge in [0.2, 0.25) is 0 Å². The van der Waals surface area contributed by atoms with Crippen molar-refractivity contribution in [2.75, 3.05) is 46.4 Å². The number of likely N-dealkylation sites (tertiary alicyclic amines) is 2. The van der Waals surface area contributed by atoms with Crippen molar-refractivity contribution >= 4 is 0 Å². The minimum absolute atomic E-state index is 0.482. The van der Waals surface area contributed by atoms with Crippen LogP contribution in [0.4, 0.5) is 0 Å². The van der Waals surface area contributed by atoms with E-state index < -0.39 is 0 Å². The summed E-state index contributed by atoms with van der Waals surface area (Å²) in [5.74, 6) is 0. The Morgan fingerprint density at radius 3 is 2.38 bits per heavy atom. The molecule has 0 amide bonds. The SMILES string of the molecule is CO[C@@H]1CCCN(CCN2CCCCC2)C1. The first-order valence-corrected chi connectivity index (χ1v) is 6.86. The van der Waals surface area contributed by atoms with E-state index in [1.807, 2.05) is 7.11 Å². The van der Waals surface area contributed by atoms with Crippen molar-refractivity contribution in [3.63, 3.8) is 0 Å². The maximum Gasteiger partial charge on any atom is 0.0698 e. The molecule has 16 heavy (non-hydrogen) atoms. The minimum Gasteiger partial charge on any atom is -0.380 e. The van der Waals surface area contributed by atoms with Gasteiger partial charge in [0.15, 0.2) is 0 Å². The molecule has 0 bridgehead atoms. The third-order valence-electron chi connectivity index (χ3n) is 3.98. The Bertz CT molecular complexity index is 192. The van der Waals surface area contributed by atoms with Crippen LogP contribution >= 0.6 is 0 Å². The monoisotopic (exact) mass is 226 g/mol. The molecule has 2 aliphatic rings. The summed E-state index contributed by atoms with van der Waals surface area (Å²) in [6.07, 6.45) is 7.28. The van der Waals surface area contributed by atoms with Crippen molar-refractivity contribution in [1.29, 1.82) is 0 Å². The highest BCUT2D eigenvalue weighted by Gasteiger charge is 2.19. The second-order valence-electron chi connectivity index (χ2n) is 5.20. The first kappa shape index (κ1) is 12.3. The molecule has 0 aliphatic carbocycles. The van der Waals surface area contributed by atoms with Crippen molar-refractivity contribution in [2.45, 2.75) is 38.2 Å². The molecule has 1 atom stereocenters. The van der Waals surface area contributed by atoms with Gasteiger partial charge in [0.05, 0.1) is 6.10 Å². The van der Waals surface area contributed by atoms with Crippen LogP contribution in [0.1, 0.15) is 32.1 Å². The zero-order valence-electron chi connectivity index (χ0n) is 10.7. The summed E-state index contributed by atoms with van der Waals surface area (Å²) >= 11 is 0. The largest absolute Gasteiger partial charge is 0.380 e. The van der Waals surface area contributed by atoms with E-state index >= 15 is 0 Å². The molecule has 2 heterocycles. The van der Waals surface area contributed by atoms with Gasteiger partial charge >= 0.3 is 0 Å². The Morgan fingerprint density at radius 1 is 0.938 bits per heavy atom. The summed E-state index contributed by atoms with van der Waals surface area (Å²) in [5, 5.41) is 0. The minimum atomic E-state index is 0.482. The molecule has 0 aromatic carbocycles. The Morgan fingerprint density at radius 2 is 1.62 bits per heavy atom. The van der Waals surface area contributed by atoms with Gasteiger partial charge < -0.3 is 9.64 Å². The van der Waals surface area contributed by atoms with Crippen LogP contribution in [0.25, 0.3) is 0 Å². The van der Waals surface area contributed by atoms with E-state index in [2.05, 4.69) is 9.80 Å². The summed E-state index contributed by atoms with van der Waals surface area (Å²) in [6.45, 7) is 7.55. The molecule has 0 saturated carbocycles. The lowest BCUT2D eigenvalue weighted by atomic mass is 10.1. The Kier molecular flexibility index (Phi) is 5.07. The number of hydrogen-bond acceptors (Lipinski definition) is 3. The molecular weight excluding hydrogens is 200 g/mol. The van der Waals surface area contributed by atoms with Crippen LogP contribution in [0.3, 0.4) is 0 Å². The van der Waals surface area contributed by atoms with Gasteiger partial charge in [-0.25, -0.2) is 0 Å². The van der Waals surface area contributed by atoms with E-state index in [9.17, 15) is 0 Å². The first-order chi connectivity index (χ1) is 7.88. The lowest BCUT2D eigenvalue weighted by molar-refractivity contribution is 0.0273. The van der Waals surface area contributed by atoms with Gasteiger partial charge in [0, 0.05) is 26.7 Å². The standard InChI is InChI=1S/C13H26N2O/c1-16-13-6-5-9-15(12-13)11-10-14-7-3-2-4-8-14/h13H,2-12H2,1H3/t13-/m1/s1. The summed E-state index contributed by atoms with van der Waals surface area (Å²) in [6, 6.07) is 0. The van der Waals surface area contributed by atoms with Gasteiger partial charge in [-0.3, -0.25) is 4.90 Å². The molecule has 3 heteroatoms. The average molecular weight is 226 g/mol. The zero-order chi connectivity index (χ0) is 11.2. The van der Waals surface area contributed by atoms with Crippen LogP contribution in [-0.2, 0) is 4.74 Å². The van der Waals surface area contributed by atoms with E-state index in [-0.39, 0.29) is 0 Å². The van der Waals surface area contributed by atoms with E-state index in [4.69, 9.17) is 4.74 Å². The first-order valence-electron chi connectivity index (χ1n) is 6.86. The van der Waals surface area contributed by atoms with Gasteiger partial charge in [0.25, 0.3) is 0 Å². The van der Waals surface area contributed by atoms with Crippen LogP contribution in [0, 0.1) is 0 Å². The summed E-state index contributed by atoms with van der Waals surface area (Å²) in [4.78, 5) is 5.20. The smallest absolute Gasteiger partial charge is 0.0698 e. The molecule has 0 unspecified atom stereocenters. The van der Waals surface area contributed by atoms with Crippen LogP contribution < -0.4 is 0 Å². The average Bonchev–Trinajstić information content (AvgIpc) is 2.38. The van der Waals surface area contributed by atoms with Gasteiger partial charge in [-0.15, -0.1) is 0 Å². The lowest BCUT2D eigenvalue weighted by Crippen LogP contribution is -2.44. The number of nitrogens with zero attached hydrogens (tertiary/aromatic N) is 2. The van der Waals surface area contributed by atoms with Crippen LogP contribution in [-0.4, -0.2) is 62.3 Å². The number of ether oxygens (including phenoxy) is 1. The molecule has 0 aromatic rings. The Labute approximate surface area is 99.7 Å². The molecule has 2 saturated heterocycles. The predicted molar refractivity (Wildman–Crippen MR) is 66.8 cm³/mol. The van der Waals surface area contributed by atoms with Gasteiger partial charge in [0.1, 0.15) is 0 Å². The fourth-order valence-electron chi connectivity index (χ4n) is 2.87. The summed E-state index contributed by atoms with van der Waals surface area (Å²) in [7, 11) is 1.85. The maximum absolute atomic E-state index is 5.46. The highest BCUT2D eigenvalue weighted by molar-refractivity contribution is 4.74. The van der Waals surface area contributed by atoms with Crippen LogP contribution in [0.2, 0.25) is 0 Å². The highest BCUT2D eigenvalue weighted by atomic mass is 16.5. The summed E-state index contributed by atoms with van der Waals surface area (Å²) < 4.78 is 5.46. The van der Waals surface area contributed by atoms with Crippen molar-refractivity contribution in [3.8, 4) is 0 Å². The molecule has 0 N–H and O–H groups in total. The van der Waals surface area contributed by atoms with E-state index in [1.54, 1.807) is 0 Å². The van der Waals surface area contributed by atoms with E-state index in [1.165, 1.54) is 64.8 Å². The topological polar surface area (TPSA) is 15.7 Å².